The van der Waals surface area contributed by atoms with Crippen LogP contribution in [0.2, 0.25) is 0 Å². The second-order valence-corrected chi connectivity index (χ2v) is 7.11. The van der Waals surface area contributed by atoms with E-state index in [9.17, 15) is 9.59 Å². The van der Waals surface area contributed by atoms with Gasteiger partial charge in [0.2, 0.25) is 5.91 Å². The van der Waals surface area contributed by atoms with Crippen molar-refractivity contribution in [2.45, 2.75) is 64.5 Å². The Morgan fingerprint density at radius 2 is 1.76 bits per heavy atom. The molecule has 0 aromatic heterocycles. The molecule has 0 radical (unpaired) electrons. The number of benzene rings is 1. The third kappa shape index (κ3) is 7.45. The third-order valence-electron chi connectivity index (χ3n) is 4.03. The average Bonchev–Trinajstić information content (AvgIpc) is 2.53. The van der Waals surface area contributed by atoms with E-state index in [-0.39, 0.29) is 36.1 Å². The second kappa shape index (κ2) is 10.4. The number of esters is 1. The van der Waals surface area contributed by atoms with Crippen LogP contribution in [0.1, 0.15) is 64.1 Å². The van der Waals surface area contributed by atoms with Gasteiger partial charge in [-0.25, -0.2) is 0 Å². The standard InChI is InChI=1S/C19H30N2O3.ClH/c1-6-7-15(20)18(23)21-16(12-17(22)24-5)13-8-10-14(11-9-13)19(2,3)4;/h8-11,15-16H,6-7,12,20H2,1-5H3,(H,21,23);1H. The van der Waals surface area contributed by atoms with E-state index in [0.29, 0.717) is 6.42 Å². The first-order valence-electron chi connectivity index (χ1n) is 8.42. The van der Waals surface area contributed by atoms with Gasteiger partial charge in [0.1, 0.15) is 0 Å². The van der Waals surface area contributed by atoms with E-state index in [2.05, 4.69) is 26.1 Å². The summed E-state index contributed by atoms with van der Waals surface area (Å²) in [4.78, 5) is 23.9. The van der Waals surface area contributed by atoms with Crippen molar-refractivity contribution in [2.24, 2.45) is 5.73 Å². The van der Waals surface area contributed by atoms with Crippen molar-refractivity contribution >= 4 is 24.3 Å². The SMILES string of the molecule is CCCC(N)C(=O)NC(CC(=O)OC)c1ccc(C(C)(C)C)cc1.Cl. The minimum atomic E-state index is -0.566. The zero-order chi connectivity index (χ0) is 18.3. The van der Waals surface area contributed by atoms with Crippen molar-refractivity contribution < 1.29 is 14.3 Å². The van der Waals surface area contributed by atoms with Gasteiger partial charge in [0.25, 0.3) is 0 Å². The summed E-state index contributed by atoms with van der Waals surface area (Å²) in [6.07, 6.45) is 1.52. The highest BCUT2D eigenvalue weighted by atomic mass is 35.5. The number of ether oxygens (including phenoxy) is 1. The number of hydrogen-bond donors (Lipinski definition) is 2. The number of nitrogens with two attached hydrogens (primary N) is 1. The van der Waals surface area contributed by atoms with Crippen LogP contribution in [0.15, 0.2) is 24.3 Å². The van der Waals surface area contributed by atoms with Gasteiger partial charge in [-0.15, -0.1) is 12.4 Å². The fourth-order valence-electron chi connectivity index (χ4n) is 2.44. The molecular weight excluding hydrogens is 340 g/mol. The Labute approximate surface area is 157 Å². The number of hydrogen-bond acceptors (Lipinski definition) is 4. The Balaban J connectivity index is 0.00000576. The van der Waals surface area contributed by atoms with Crippen molar-refractivity contribution in [3.63, 3.8) is 0 Å². The maximum absolute atomic E-state index is 12.2. The maximum Gasteiger partial charge on any atom is 0.307 e. The summed E-state index contributed by atoms with van der Waals surface area (Å²) in [5.74, 6) is -0.616. The molecule has 0 aliphatic rings. The van der Waals surface area contributed by atoms with Crippen LogP contribution in [-0.4, -0.2) is 25.0 Å². The van der Waals surface area contributed by atoms with E-state index >= 15 is 0 Å². The van der Waals surface area contributed by atoms with Crippen molar-refractivity contribution in [3.05, 3.63) is 35.4 Å². The number of halogens is 1. The summed E-state index contributed by atoms with van der Waals surface area (Å²) >= 11 is 0. The number of amides is 1. The first kappa shape index (κ1) is 23.4. The van der Waals surface area contributed by atoms with E-state index in [1.807, 2.05) is 31.2 Å². The molecular formula is C19H31ClN2O3. The molecule has 3 N–H and O–H groups in total. The first-order valence-corrected chi connectivity index (χ1v) is 8.42. The summed E-state index contributed by atoms with van der Waals surface area (Å²) in [6.45, 7) is 8.39. The minimum Gasteiger partial charge on any atom is -0.469 e. The van der Waals surface area contributed by atoms with Gasteiger partial charge in [-0.1, -0.05) is 58.4 Å². The van der Waals surface area contributed by atoms with Crippen molar-refractivity contribution in [2.75, 3.05) is 7.11 Å². The van der Waals surface area contributed by atoms with Crippen LogP contribution in [-0.2, 0) is 19.7 Å². The van der Waals surface area contributed by atoms with E-state index in [1.54, 1.807) is 0 Å². The van der Waals surface area contributed by atoms with Crippen LogP contribution in [0.25, 0.3) is 0 Å². The van der Waals surface area contributed by atoms with Crippen LogP contribution < -0.4 is 11.1 Å². The first-order chi connectivity index (χ1) is 11.2. The molecule has 5 nitrogen and oxygen atoms in total. The zero-order valence-corrected chi connectivity index (χ0v) is 16.6. The molecule has 1 aromatic rings. The fraction of sp³-hybridized carbons (Fsp3) is 0.579. The lowest BCUT2D eigenvalue weighted by Crippen LogP contribution is -2.42. The highest BCUT2D eigenvalue weighted by Gasteiger charge is 2.22. The number of carbonyl (C=O) groups is 2. The molecule has 1 aromatic carbocycles. The highest BCUT2D eigenvalue weighted by molar-refractivity contribution is 5.85. The number of rotatable bonds is 7. The lowest BCUT2D eigenvalue weighted by atomic mass is 9.86. The summed E-state index contributed by atoms with van der Waals surface area (Å²) in [7, 11) is 1.34. The molecule has 2 atom stereocenters. The summed E-state index contributed by atoms with van der Waals surface area (Å²) in [5.41, 5.74) is 7.97. The van der Waals surface area contributed by atoms with Gasteiger partial charge in [0.05, 0.1) is 25.6 Å². The van der Waals surface area contributed by atoms with E-state index < -0.39 is 12.1 Å². The Morgan fingerprint density at radius 3 is 2.20 bits per heavy atom. The quantitative estimate of drug-likeness (QED) is 0.722. The number of methoxy groups -OCH3 is 1. The summed E-state index contributed by atoms with van der Waals surface area (Å²) < 4.78 is 4.75. The van der Waals surface area contributed by atoms with Crippen LogP contribution in [0.5, 0.6) is 0 Å². The molecule has 25 heavy (non-hydrogen) atoms. The molecule has 6 heteroatoms. The molecule has 0 bridgehead atoms. The smallest absolute Gasteiger partial charge is 0.307 e. The molecule has 0 aliphatic heterocycles. The monoisotopic (exact) mass is 370 g/mol. The average molecular weight is 371 g/mol. The molecule has 1 rings (SSSR count). The van der Waals surface area contributed by atoms with Gasteiger partial charge in [0.15, 0.2) is 0 Å². The van der Waals surface area contributed by atoms with Crippen LogP contribution in [0.4, 0.5) is 0 Å². The Kier molecular flexibility index (Phi) is 9.75. The van der Waals surface area contributed by atoms with Crippen molar-refractivity contribution in [1.29, 1.82) is 0 Å². The Morgan fingerprint density at radius 1 is 1.20 bits per heavy atom. The molecule has 0 saturated heterocycles. The highest BCUT2D eigenvalue weighted by Crippen LogP contribution is 2.25. The van der Waals surface area contributed by atoms with Gasteiger partial charge >= 0.3 is 5.97 Å². The number of carbonyl (C=O) groups excluding carboxylic acids is 2. The predicted molar refractivity (Wildman–Crippen MR) is 103 cm³/mol. The minimum absolute atomic E-state index is 0. The molecule has 0 spiro atoms. The van der Waals surface area contributed by atoms with Crippen molar-refractivity contribution in [1.82, 2.24) is 5.32 Å². The van der Waals surface area contributed by atoms with Crippen LogP contribution in [0, 0.1) is 0 Å². The molecule has 1 amide bonds. The lowest BCUT2D eigenvalue weighted by Gasteiger charge is -2.23. The lowest BCUT2D eigenvalue weighted by molar-refractivity contribution is -0.141. The van der Waals surface area contributed by atoms with Gasteiger partial charge < -0.3 is 15.8 Å². The molecule has 2 unspecified atom stereocenters. The Hall–Kier alpha value is -1.59. The summed E-state index contributed by atoms with van der Waals surface area (Å²) in [6, 6.07) is 6.93. The normalized spacial score (nSPS) is 13.4. The molecule has 142 valence electrons. The van der Waals surface area contributed by atoms with Gasteiger partial charge in [-0.3, -0.25) is 9.59 Å². The second-order valence-electron chi connectivity index (χ2n) is 7.11. The molecule has 0 saturated carbocycles. The largest absolute Gasteiger partial charge is 0.469 e. The zero-order valence-electron chi connectivity index (χ0n) is 15.8. The Bertz CT molecular complexity index is 553. The molecule has 0 aliphatic carbocycles. The van der Waals surface area contributed by atoms with E-state index in [1.165, 1.54) is 12.7 Å². The van der Waals surface area contributed by atoms with E-state index in [0.717, 1.165) is 12.0 Å². The van der Waals surface area contributed by atoms with E-state index in [4.69, 9.17) is 10.5 Å². The van der Waals surface area contributed by atoms with Gasteiger partial charge in [0, 0.05) is 0 Å². The summed E-state index contributed by atoms with van der Waals surface area (Å²) in [5, 5.41) is 2.88. The fourth-order valence-corrected chi connectivity index (χ4v) is 2.44. The van der Waals surface area contributed by atoms with Crippen LogP contribution >= 0.6 is 12.4 Å². The van der Waals surface area contributed by atoms with Crippen LogP contribution in [0.3, 0.4) is 0 Å². The maximum atomic E-state index is 12.2. The third-order valence-corrected chi connectivity index (χ3v) is 4.03. The van der Waals surface area contributed by atoms with Crippen molar-refractivity contribution in [3.8, 4) is 0 Å². The molecule has 0 heterocycles. The molecule has 0 fully saturated rings. The van der Waals surface area contributed by atoms with Gasteiger partial charge in [-0.2, -0.15) is 0 Å². The number of nitrogens with one attached hydrogen (secondary N) is 1. The predicted octanol–water partition coefficient (Wildman–Crippen LogP) is 3.25. The topological polar surface area (TPSA) is 81.4 Å². The van der Waals surface area contributed by atoms with Gasteiger partial charge in [-0.05, 0) is 23.0 Å².